The Labute approximate surface area is 210 Å². The zero-order chi connectivity index (χ0) is 24.8. The van der Waals surface area contributed by atoms with E-state index in [1.165, 1.54) is 11.3 Å². The summed E-state index contributed by atoms with van der Waals surface area (Å²) in [6, 6.07) is 16.0. The van der Waals surface area contributed by atoms with Gasteiger partial charge in [-0.1, -0.05) is 36.4 Å². The number of benzene rings is 2. The molecule has 1 saturated heterocycles. The molecule has 1 aromatic heterocycles. The van der Waals surface area contributed by atoms with Gasteiger partial charge >= 0.3 is 0 Å². The highest BCUT2D eigenvalue weighted by molar-refractivity contribution is 7.09. The number of carbonyl (C=O) groups is 2. The summed E-state index contributed by atoms with van der Waals surface area (Å²) in [5, 5.41) is 20.3. The number of aryl methyl sites for hydroxylation is 1. The Morgan fingerprint density at radius 3 is 2.66 bits per heavy atom. The van der Waals surface area contributed by atoms with E-state index in [-0.39, 0.29) is 17.9 Å². The largest absolute Gasteiger partial charge is 0.389 e. The summed E-state index contributed by atoms with van der Waals surface area (Å²) in [4.78, 5) is 32.2. The van der Waals surface area contributed by atoms with Crippen molar-refractivity contribution >= 4 is 23.2 Å². The Balaban J connectivity index is 1.47. The van der Waals surface area contributed by atoms with E-state index in [1.807, 2.05) is 42.6 Å². The van der Waals surface area contributed by atoms with Gasteiger partial charge < -0.3 is 20.6 Å². The molecule has 1 aliphatic heterocycles. The number of amides is 2. The van der Waals surface area contributed by atoms with E-state index in [4.69, 9.17) is 0 Å². The van der Waals surface area contributed by atoms with Gasteiger partial charge in [0.2, 0.25) is 0 Å². The van der Waals surface area contributed by atoms with E-state index in [0.717, 1.165) is 35.7 Å². The van der Waals surface area contributed by atoms with Crippen LogP contribution in [0.4, 0.5) is 0 Å². The maximum atomic E-state index is 13.2. The Morgan fingerprint density at radius 2 is 1.97 bits per heavy atom. The Bertz CT molecular complexity index is 1140. The molecular formula is C27H32N4O3S. The SMILES string of the molecule is Cc1csc(CN(C)C(=O)c2cccc(C(=O)NC(Cc3ccccc3)C(O)C3CCCN3)c2)n1. The van der Waals surface area contributed by atoms with Gasteiger partial charge in [0.25, 0.3) is 11.8 Å². The number of hydrogen-bond donors (Lipinski definition) is 3. The number of aliphatic hydroxyl groups is 1. The van der Waals surface area contributed by atoms with Gasteiger partial charge in [-0.05, 0) is 56.5 Å². The monoisotopic (exact) mass is 492 g/mol. The molecule has 3 aromatic rings. The lowest BCUT2D eigenvalue weighted by Gasteiger charge is -2.29. The number of nitrogens with one attached hydrogen (secondary N) is 2. The van der Waals surface area contributed by atoms with Gasteiger partial charge in [-0.3, -0.25) is 9.59 Å². The maximum absolute atomic E-state index is 13.2. The second-order valence-corrected chi connectivity index (χ2v) is 10.0. The van der Waals surface area contributed by atoms with Gasteiger partial charge in [0.15, 0.2) is 0 Å². The minimum absolute atomic E-state index is 0.0555. The summed E-state index contributed by atoms with van der Waals surface area (Å²) in [5.74, 6) is -0.487. The molecule has 0 spiro atoms. The predicted molar refractivity (Wildman–Crippen MR) is 138 cm³/mol. The number of nitrogens with zero attached hydrogens (tertiary/aromatic N) is 2. The lowest BCUT2D eigenvalue weighted by atomic mass is 9.95. The number of carbonyl (C=O) groups excluding carboxylic acids is 2. The van der Waals surface area contributed by atoms with E-state index < -0.39 is 12.1 Å². The highest BCUT2D eigenvalue weighted by Gasteiger charge is 2.31. The second kappa shape index (κ2) is 11.6. The third kappa shape index (κ3) is 6.54. The van der Waals surface area contributed by atoms with Crippen LogP contribution >= 0.6 is 11.3 Å². The fraction of sp³-hybridized carbons (Fsp3) is 0.370. The van der Waals surface area contributed by atoms with Gasteiger partial charge in [-0.2, -0.15) is 0 Å². The molecule has 8 heteroatoms. The molecule has 0 bridgehead atoms. The van der Waals surface area contributed by atoms with E-state index in [9.17, 15) is 14.7 Å². The molecule has 3 N–H and O–H groups in total. The molecule has 3 atom stereocenters. The van der Waals surface area contributed by atoms with E-state index in [0.29, 0.717) is 24.1 Å². The first-order chi connectivity index (χ1) is 16.9. The molecule has 1 fully saturated rings. The third-order valence-corrected chi connectivity index (χ3v) is 7.25. The Morgan fingerprint density at radius 1 is 1.20 bits per heavy atom. The van der Waals surface area contributed by atoms with Gasteiger partial charge in [0.1, 0.15) is 5.01 Å². The van der Waals surface area contributed by atoms with Crippen LogP contribution in [-0.4, -0.2) is 58.6 Å². The fourth-order valence-corrected chi connectivity index (χ4v) is 5.25. The van der Waals surface area contributed by atoms with Crippen LogP contribution in [0.3, 0.4) is 0 Å². The third-order valence-electron chi connectivity index (χ3n) is 6.30. The first-order valence-corrected chi connectivity index (χ1v) is 12.8. The maximum Gasteiger partial charge on any atom is 0.253 e. The van der Waals surface area contributed by atoms with Gasteiger partial charge in [-0.25, -0.2) is 4.98 Å². The molecule has 0 radical (unpaired) electrons. The van der Waals surface area contributed by atoms with Crippen LogP contribution in [-0.2, 0) is 13.0 Å². The topological polar surface area (TPSA) is 94.6 Å². The molecule has 1 aliphatic rings. The van der Waals surface area contributed by atoms with Crippen molar-refractivity contribution in [3.63, 3.8) is 0 Å². The van der Waals surface area contributed by atoms with Crippen molar-refractivity contribution < 1.29 is 14.7 Å². The lowest BCUT2D eigenvalue weighted by Crippen LogP contribution is -2.52. The minimum Gasteiger partial charge on any atom is -0.389 e. The smallest absolute Gasteiger partial charge is 0.253 e. The number of aromatic nitrogens is 1. The van der Waals surface area contributed by atoms with Crippen LogP contribution in [0.5, 0.6) is 0 Å². The summed E-state index contributed by atoms with van der Waals surface area (Å²) < 4.78 is 0. The zero-order valence-electron chi connectivity index (χ0n) is 20.1. The van der Waals surface area contributed by atoms with Crippen molar-refractivity contribution in [1.82, 2.24) is 20.5 Å². The highest BCUT2D eigenvalue weighted by atomic mass is 32.1. The first kappa shape index (κ1) is 25.0. The molecule has 184 valence electrons. The number of hydrogen-bond acceptors (Lipinski definition) is 6. The van der Waals surface area contributed by atoms with E-state index in [2.05, 4.69) is 15.6 Å². The Hall–Kier alpha value is -3.07. The number of aliphatic hydroxyl groups excluding tert-OH is 1. The lowest BCUT2D eigenvalue weighted by molar-refractivity contribution is 0.0737. The number of thiazole rings is 1. The van der Waals surface area contributed by atoms with Crippen LogP contribution in [0.25, 0.3) is 0 Å². The molecule has 35 heavy (non-hydrogen) atoms. The summed E-state index contributed by atoms with van der Waals surface area (Å²) in [7, 11) is 1.73. The predicted octanol–water partition coefficient (Wildman–Crippen LogP) is 3.18. The molecule has 2 heterocycles. The minimum atomic E-state index is -0.723. The van der Waals surface area contributed by atoms with Crippen LogP contribution < -0.4 is 10.6 Å². The zero-order valence-corrected chi connectivity index (χ0v) is 20.9. The summed E-state index contributed by atoms with van der Waals surface area (Å²) in [5.41, 5.74) is 2.80. The average Bonchev–Trinajstić information content (AvgIpc) is 3.55. The van der Waals surface area contributed by atoms with Crippen molar-refractivity contribution in [2.45, 2.75) is 50.9 Å². The molecule has 2 amide bonds. The molecule has 7 nitrogen and oxygen atoms in total. The van der Waals surface area contributed by atoms with Crippen molar-refractivity contribution in [2.24, 2.45) is 0 Å². The molecule has 0 aliphatic carbocycles. The summed E-state index contributed by atoms with van der Waals surface area (Å²) in [6.07, 6.45) is 1.67. The van der Waals surface area contributed by atoms with Crippen LogP contribution in [0.15, 0.2) is 60.0 Å². The van der Waals surface area contributed by atoms with Crippen LogP contribution in [0.2, 0.25) is 0 Å². The molecule has 3 unspecified atom stereocenters. The average molecular weight is 493 g/mol. The van der Waals surface area contributed by atoms with Gasteiger partial charge in [0, 0.05) is 35.3 Å². The fourth-order valence-electron chi connectivity index (χ4n) is 4.42. The molecule has 4 rings (SSSR count). The summed E-state index contributed by atoms with van der Waals surface area (Å²) >= 11 is 1.52. The Kier molecular flexibility index (Phi) is 8.28. The standard InChI is InChI=1S/C27H32N4O3S/c1-18-17-35-24(29-18)16-31(2)27(34)21-11-6-10-20(15-21)26(33)30-23(14-19-8-4-3-5-9-19)25(32)22-12-7-13-28-22/h3-6,8-11,15,17,22-23,25,28,32H,7,12-14,16H2,1-2H3,(H,30,33). The van der Waals surface area contributed by atoms with Crippen LogP contribution in [0, 0.1) is 6.92 Å². The van der Waals surface area contributed by atoms with Crippen LogP contribution in [0.1, 0.15) is 49.8 Å². The normalized spacial score (nSPS) is 17.1. The van der Waals surface area contributed by atoms with E-state index >= 15 is 0 Å². The molecule has 0 saturated carbocycles. The van der Waals surface area contributed by atoms with Crippen molar-refractivity contribution in [2.75, 3.05) is 13.6 Å². The van der Waals surface area contributed by atoms with Crippen molar-refractivity contribution in [3.05, 3.63) is 87.4 Å². The summed E-state index contributed by atoms with van der Waals surface area (Å²) in [6.45, 7) is 3.20. The quantitative estimate of drug-likeness (QED) is 0.427. The highest BCUT2D eigenvalue weighted by Crippen LogP contribution is 2.17. The number of rotatable bonds is 9. The molecule has 2 aromatic carbocycles. The molecular weight excluding hydrogens is 460 g/mol. The second-order valence-electron chi connectivity index (χ2n) is 9.09. The van der Waals surface area contributed by atoms with E-state index in [1.54, 1.807) is 36.2 Å². The van der Waals surface area contributed by atoms with Gasteiger partial charge in [0.05, 0.1) is 18.7 Å². The first-order valence-electron chi connectivity index (χ1n) is 11.9. The van der Waals surface area contributed by atoms with Crippen molar-refractivity contribution in [3.8, 4) is 0 Å². The van der Waals surface area contributed by atoms with Crippen molar-refractivity contribution in [1.29, 1.82) is 0 Å². The van der Waals surface area contributed by atoms with Gasteiger partial charge in [-0.15, -0.1) is 11.3 Å².